The molecule has 3 aromatic heterocycles. The monoisotopic (exact) mass is 405 g/mol. The molecule has 0 spiro atoms. The maximum atomic E-state index is 12.5. The molecule has 0 bridgehead atoms. The number of anilines is 1. The van der Waals surface area contributed by atoms with Crippen LogP contribution in [0.4, 0.5) is 6.01 Å². The number of rotatable bonds is 5. The van der Waals surface area contributed by atoms with Crippen LogP contribution in [0.2, 0.25) is 0 Å². The van der Waals surface area contributed by atoms with E-state index >= 15 is 0 Å². The Labute approximate surface area is 173 Å². The van der Waals surface area contributed by atoms with Crippen LogP contribution in [0.15, 0.2) is 45.4 Å². The zero-order chi connectivity index (χ0) is 20.5. The number of pyridine rings is 1. The summed E-state index contributed by atoms with van der Waals surface area (Å²) in [4.78, 5) is 27.8. The van der Waals surface area contributed by atoms with Gasteiger partial charge in [0.15, 0.2) is 11.2 Å². The number of oxazole rings is 2. The van der Waals surface area contributed by atoms with Gasteiger partial charge in [-0.25, -0.2) is 9.97 Å². The van der Waals surface area contributed by atoms with Crippen LogP contribution in [0.3, 0.4) is 0 Å². The Bertz CT molecular complexity index is 1160. The predicted molar refractivity (Wildman–Crippen MR) is 112 cm³/mol. The van der Waals surface area contributed by atoms with E-state index in [1.54, 1.807) is 6.20 Å². The molecule has 1 aliphatic heterocycles. The van der Waals surface area contributed by atoms with Crippen LogP contribution >= 0.6 is 0 Å². The van der Waals surface area contributed by atoms with Crippen molar-refractivity contribution in [2.45, 2.75) is 32.7 Å². The second kappa shape index (κ2) is 7.78. The highest BCUT2D eigenvalue weighted by molar-refractivity contribution is 5.77. The van der Waals surface area contributed by atoms with E-state index < -0.39 is 0 Å². The van der Waals surface area contributed by atoms with Crippen molar-refractivity contribution in [2.75, 3.05) is 18.0 Å². The van der Waals surface area contributed by atoms with Gasteiger partial charge in [0.25, 0.3) is 6.01 Å². The molecule has 0 saturated carbocycles. The van der Waals surface area contributed by atoms with E-state index in [9.17, 15) is 4.79 Å². The van der Waals surface area contributed by atoms with Crippen molar-refractivity contribution in [2.24, 2.45) is 5.92 Å². The van der Waals surface area contributed by atoms with E-state index in [-0.39, 0.29) is 11.8 Å². The van der Waals surface area contributed by atoms with Crippen molar-refractivity contribution in [1.82, 2.24) is 20.3 Å². The van der Waals surface area contributed by atoms with Crippen molar-refractivity contribution in [3.8, 4) is 0 Å². The molecule has 8 nitrogen and oxygen atoms in total. The highest BCUT2D eigenvalue weighted by Gasteiger charge is 2.25. The summed E-state index contributed by atoms with van der Waals surface area (Å²) >= 11 is 0. The molecule has 30 heavy (non-hydrogen) atoms. The average Bonchev–Trinajstić information content (AvgIpc) is 3.37. The largest absolute Gasteiger partial charge is 0.439 e. The Hall–Kier alpha value is -3.42. The summed E-state index contributed by atoms with van der Waals surface area (Å²) in [5, 5.41) is 2.94. The topological polar surface area (TPSA) is 97.3 Å². The Morgan fingerprint density at radius 2 is 2.10 bits per heavy atom. The Morgan fingerprint density at radius 3 is 2.97 bits per heavy atom. The number of carbonyl (C=O) groups is 1. The molecule has 4 heterocycles. The lowest BCUT2D eigenvalue weighted by Gasteiger charge is -2.31. The molecule has 4 aromatic rings. The van der Waals surface area contributed by atoms with Crippen LogP contribution in [0.5, 0.6) is 0 Å². The molecule has 1 amide bonds. The Kier molecular flexibility index (Phi) is 4.82. The fourth-order valence-corrected chi connectivity index (χ4v) is 4.01. The number of hydrogen-bond acceptors (Lipinski definition) is 7. The molecule has 1 aromatic carbocycles. The van der Waals surface area contributed by atoms with E-state index in [0.29, 0.717) is 36.1 Å². The number of fused-ring (bicyclic) bond motifs is 2. The third-order valence-corrected chi connectivity index (χ3v) is 5.52. The number of aromatic nitrogens is 3. The van der Waals surface area contributed by atoms with Crippen molar-refractivity contribution in [3.63, 3.8) is 0 Å². The fraction of sp³-hybridized carbons (Fsp3) is 0.364. The number of para-hydroxylation sites is 1. The molecule has 5 rings (SSSR count). The number of aryl methyl sites for hydroxylation is 1. The number of hydrogen-bond donors (Lipinski definition) is 1. The highest BCUT2D eigenvalue weighted by Crippen LogP contribution is 2.27. The zero-order valence-corrected chi connectivity index (χ0v) is 16.8. The van der Waals surface area contributed by atoms with Gasteiger partial charge < -0.3 is 19.1 Å². The number of piperidine rings is 1. The summed E-state index contributed by atoms with van der Waals surface area (Å²) in [7, 11) is 0. The molecule has 154 valence electrons. The average molecular weight is 405 g/mol. The van der Waals surface area contributed by atoms with Gasteiger partial charge in [0.2, 0.25) is 17.4 Å². The molecule has 1 aliphatic rings. The molecule has 1 atom stereocenters. The summed E-state index contributed by atoms with van der Waals surface area (Å²) in [5.41, 5.74) is 3.94. The van der Waals surface area contributed by atoms with Crippen LogP contribution in [0.1, 0.15) is 30.7 Å². The predicted octanol–water partition coefficient (Wildman–Crippen LogP) is 3.60. The maximum Gasteiger partial charge on any atom is 0.299 e. The summed E-state index contributed by atoms with van der Waals surface area (Å²) in [6.07, 6.45) is 4.16. The standard InChI is InChI=1S/C22H23N5O3/c1-14-5-2-7-16-20(14)25-19(29-16)12-24-18(28)11-15-6-4-10-27(13-15)22-26-21-17(30-22)8-3-9-23-21/h2-3,5,7-9,15H,4,6,10-13H2,1H3,(H,24,28). The summed E-state index contributed by atoms with van der Waals surface area (Å²) < 4.78 is 11.6. The number of nitrogens with zero attached hydrogens (tertiary/aromatic N) is 4. The SMILES string of the molecule is Cc1cccc2oc(CNC(=O)CC3CCCN(c4nc5ncccc5o4)C3)nc12. The first-order chi connectivity index (χ1) is 14.7. The molecular weight excluding hydrogens is 382 g/mol. The van der Waals surface area contributed by atoms with Crippen molar-refractivity contribution in [1.29, 1.82) is 0 Å². The first-order valence-electron chi connectivity index (χ1n) is 10.2. The zero-order valence-electron chi connectivity index (χ0n) is 16.8. The van der Waals surface area contributed by atoms with E-state index in [1.165, 1.54) is 0 Å². The van der Waals surface area contributed by atoms with Crippen LogP contribution in [-0.2, 0) is 11.3 Å². The van der Waals surface area contributed by atoms with Gasteiger partial charge in [-0.15, -0.1) is 0 Å². The van der Waals surface area contributed by atoms with Gasteiger partial charge >= 0.3 is 0 Å². The van der Waals surface area contributed by atoms with Gasteiger partial charge in [0.1, 0.15) is 5.52 Å². The summed E-state index contributed by atoms with van der Waals surface area (Å²) in [5.74, 6) is 0.768. The van der Waals surface area contributed by atoms with E-state index in [4.69, 9.17) is 8.83 Å². The molecular formula is C22H23N5O3. The number of nitrogens with one attached hydrogen (secondary N) is 1. The molecule has 0 radical (unpaired) electrons. The first-order valence-corrected chi connectivity index (χ1v) is 10.2. The van der Waals surface area contributed by atoms with E-state index in [0.717, 1.165) is 42.6 Å². The van der Waals surface area contributed by atoms with Gasteiger partial charge in [-0.3, -0.25) is 4.79 Å². The minimum atomic E-state index is 0.0000555. The van der Waals surface area contributed by atoms with Crippen LogP contribution < -0.4 is 10.2 Å². The minimum absolute atomic E-state index is 0.0000555. The molecule has 0 aliphatic carbocycles. The van der Waals surface area contributed by atoms with Gasteiger partial charge in [0.05, 0.1) is 6.54 Å². The number of carbonyl (C=O) groups excluding carboxylic acids is 1. The Balaban J connectivity index is 1.18. The smallest absolute Gasteiger partial charge is 0.299 e. The van der Waals surface area contributed by atoms with E-state index in [1.807, 2.05) is 37.3 Å². The van der Waals surface area contributed by atoms with Crippen LogP contribution in [-0.4, -0.2) is 33.9 Å². The lowest BCUT2D eigenvalue weighted by Crippen LogP contribution is -2.38. The van der Waals surface area contributed by atoms with Gasteiger partial charge in [-0.2, -0.15) is 4.98 Å². The molecule has 1 N–H and O–H groups in total. The molecule has 1 saturated heterocycles. The number of benzene rings is 1. The number of amides is 1. The Morgan fingerprint density at radius 1 is 1.20 bits per heavy atom. The first kappa shape index (κ1) is 18.6. The quantitative estimate of drug-likeness (QED) is 0.542. The lowest BCUT2D eigenvalue weighted by atomic mass is 9.95. The molecule has 1 unspecified atom stereocenters. The molecule has 1 fully saturated rings. The van der Waals surface area contributed by atoms with Crippen LogP contribution in [0.25, 0.3) is 22.3 Å². The molecule has 8 heteroatoms. The third-order valence-electron chi connectivity index (χ3n) is 5.52. The minimum Gasteiger partial charge on any atom is -0.439 e. The third kappa shape index (κ3) is 3.72. The van der Waals surface area contributed by atoms with Gasteiger partial charge in [-0.05, 0) is 49.4 Å². The van der Waals surface area contributed by atoms with E-state index in [2.05, 4.69) is 25.2 Å². The maximum absolute atomic E-state index is 12.5. The fourth-order valence-electron chi connectivity index (χ4n) is 4.01. The van der Waals surface area contributed by atoms with Crippen molar-refractivity contribution in [3.05, 3.63) is 48.0 Å². The summed E-state index contributed by atoms with van der Waals surface area (Å²) in [6.45, 7) is 3.89. The van der Waals surface area contributed by atoms with Crippen LogP contribution in [0, 0.1) is 12.8 Å². The van der Waals surface area contributed by atoms with Gasteiger partial charge in [-0.1, -0.05) is 12.1 Å². The van der Waals surface area contributed by atoms with Gasteiger partial charge in [0, 0.05) is 25.7 Å². The summed E-state index contributed by atoms with van der Waals surface area (Å²) in [6, 6.07) is 10.1. The lowest BCUT2D eigenvalue weighted by molar-refractivity contribution is -0.122. The normalized spacial score (nSPS) is 17.0. The second-order valence-corrected chi connectivity index (χ2v) is 7.79. The van der Waals surface area contributed by atoms with Crippen molar-refractivity contribution < 1.29 is 13.6 Å². The van der Waals surface area contributed by atoms with Crippen molar-refractivity contribution >= 4 is 34.3 Å². The second-order valence-electron chi connectivity index (χ2n) is 7.79. The highest BCUT2D eigenvalue weighted by atomic mass is 16.4.